The highest BCUT2D eigenvalue weighted by molar-refractivity contribution is 4.86. The molecule has 0 heterocycles. The van der Waals surface area contributed by atoms with E-state index in [9.17, 15) is 0 Å². The van der Waals surface area contributed by atoms with Crippen molar-refractivity contribution < 1.29 is 0 Å². The van der Waals surface area contributed by atoms with Gasteiger partial charge in [0.05, 0.1) is 0 Å². The summed E-state index contributed by atoms with van der Waals surface area (Å²) in [5.74, 6) is 3.51. The molecule has 1 aliphatic rings. The third-order valence-corrected chi connectivity index (χ3v) is 5.66. The van der Waals surface area contributed by atoms with E-state index in [1.165, 1.54) is 25.7 Å². The topological polar surface area (TPSA) is 12.0 Å². The van der Waals surface area contributed by atoms with Crippen molar-refractivity contribution in [2.24, 2.45) is 29.1 Å². The predicted octanol–water partition coefficient (Wildman–Crippen LogP) is 4.72. The van der Waals surface area contributed by atoms with Crippen molar-refractivity contribution in [3.8, 4) is 0 Å². The molecule has 5 atom stereocenters. The van der Waals surface area contributed by atoms with Gasteiger partial charge in [-0.3, -0.25) is 0 Å². The predicted molar refractivity (Wildman–Crippen MR) is 81.8 cm³/mol. The van der Waals surface area contributed by atoms with Gasteiger partial charge in [0, 0.05) is 6.04 Å². The second kappa shape index (κ2) is 6.41. The molecule has 0 aromatic rings. The van der Waals surface area contributed by atoms with Crippen LogP contribution in [0.3, 0.4) is 0 Å². The minimum absolute atomic E-state index is 0.433. The first-order chi connectivity index (χ1) is 8.25. The lowest BCUT2D eigenvalue weighted by Crippen LogP contribution is -2.40. The maximum absolute atomic E-state index is 3.61. The minimum Gasteiger partial charge on any atom is -0.317 e. The van der Waals surface area contributed by atoms with E-state index < -0.39 is 0 Å². The van der Waals surface area contributed by atoms with Crippen LogP contribution in [0.1, 0.15) is 67.2 Å². The second-order valence-electron chi connectivity index (χ2n) is 7.93. The van der Waals surface area contributed by atoms with E-state index >= 15 is 0 Å². The average molecular weight is 253 g/mol. The van der Waals surface area contributed by atoms with Gasteiger partial charge in [0.25, 0.3) is 0 Å². The van der Waals surface area contributed by atoms with E-state index in [0.29, 0.717) is 11.5 Å². The number of rotatable bonds is 4. The number of hydrogen-bond donors (Lipinski definition) is 1. The standard InChI is InChI=1S/C17H35N/c1-12-8-9-15(10-13(12)2)16(18-7)11-14(3)17(4,5)6/h12-16,18H,8-11H2,1-7H3. The van der Waals surface area contributed by atoms with Gasteiger partial charge in [-0.15, -0.1) is 0 Å². The minimum atomic E-state index is 0.433. The largest absolute Gasteiger partial charge is 0.317 e. The SMILES string of the molecule is CNC(CC(C)C(C)(C)C)C1CCC(C)C(C)C1. The fourth-order valence-corrected chi connectivity index (χ4v) is 3.24. The van der Waals surface area contributed by atoms with E-state index in [1.807, 2.05) is 0 Å². The Labute approximate surface area is 115 Å². The molecule has 0 aromatic carbocycles. The molecular weight excluding hydrogens is 218 g/mol. The highest BCUT2D eigenvalue weighted by Gasteiger charge is 2.32. The van der Waals surface area contributed by atoms with Crippen molar-refractivity contribution in [2.75, 3.05) is 7.05 Å². The molecule has 0 saturated heterocycles. The van der Waals surface area contributed by atoms with Crippen LogP contribution in [0.4, 0.5) is 0 Å². The molecule has 5 unspecified atom stereocenters. The maximum Gasteiger partial charge on any atom is 0.00951 e. The Morgan fingerprint density at radius 1 is 1.11 bits per heavy atom. The molecular formula is C17H35N. The smallest absolute Gasteiger partial charge is 0.00951 e. The first kappa shape index (κ1) is 16.0. The quantitative estimate of drug-likeness (QED) is 0.764. The van der Waals surface area contributed by atoms with E-state index in [1.54, 1.807) is 0 Å². The van der Waals surface area contributed by atoms with Crippen LogP contribution in [0.5, 0.6) is 0 Å². The zero-order chi connectivity index (χ0) is 13.9. The summed E-state index contributed by atoms with van der Waals surface area (Å²) in [7, 11) is 2.16. The van der Waals surface area contributed by atoms with Gasteiger partial charge in [-0.05, 0) is 55.4 Å². The fraction of sp³-hybridized carbons (Fsp3) is 1.00. The summed E-state index contributed by atoms with van der Waals surface area (Å²) < 4.78 is 0. The van der Waals surface area contributed by atoms with Crippen molar-refractivity contribution >= 4 is 0 Å². The van der Waals surface area contributed by atoms with E-state index in [2.05, 4.69) is 53.9 Å². The zero-order valence-electron chi connectivity index (χ0n) is 13.7. The second-order valence-corrected chi connectivity index (χ2v) is 7.93. The molecule has 1 N–H and O–H groups in total. The molecule has 0 radical (unpaired) electrons. The molecule has 1 rings (SSSR count). The summed E-state index contributed by atoms with van der Waals surface area (Å²) in [6.45, 7) is 14.4. The fourth-order valence-electron chi connectivity index (χ4n) is 3.24. The van der Waals surface area contributed by atoms with Gasteiger partial charge in [0.2, 0.25) is 0 Å². The molecule has 1 saturated carbocycles. The van der Waals surface area contributed by atoms with Crippen molar-refractivity contribution in [1.29, 1.82) is 0 Å². The summed E-state index contributed by atoms with van der Waals surface area (Å²) in [4.78, 5) is 0. The summed E-state index contributed by atoms with van der Waals surface area (Å²) in [6, 6.07) is 0.717. The maximum atomic E-state index is 3.61. The highest BCUT2D eigenvalue weighted by Crippen LogP contribution is 2.38. The Morgan fingerprint density at radius 3 is 2.17 bits per heavy atom. The molecule has 1 nitrogen and oxygen atoms in total. The first-order valence-electron chi connectivity index (χ1n) is 7.93. The Balaban J connectivity index is 2.56. The molecule has 0 amide bonds. The lowest BCUT2D eigenvalue weighted by Gasteiger charge is -2.39. The summed E-state index contributed by atoms with van der Waals surface area (Å²) in [5.41, 5.74) is 0.433. The van der Waals surface area contributed by atoms with Crippen LogP contribution >= 0.6 is 0 Å². The number of nitrogens with one attached hydrogen (secondary N) is 1. The van der Waals surface area contributed by atoms with Gasteiger partial charge in [-0.25, -0.2) is 0 Å². The monoisotopic (exact) mass is 253 g/mol. The zero-order valence-corrected chi connectivity index (χ0v) is 13.7. The van der Waals surface area contributed by atoms with E-state index in [4.69, 9.17) is 0 Å². The summed E-state index contributed by atoms with van der Waals surface area (Å²) in [6.07, 6.45) is 5.59. The third kappa shape index (κ3) is 4.26. The molecule has 0 aliphatic heterocycles. The van der Waals surface area contributed by atoms with Gasteiger partial charge in [0.1, 0.15) is 0 Å². The lowest BCUT2D eigenvalue weighted by atomic mass is 9.70. The lowest BCUT2D eigenvalue weighted by molar-refractivity contribution is 0.140. The van der Waals surface area contributed by atoms with Gasteiger partial charge in [-0.2, -0.15) is 0 Å². The Morgan fingerprint density at radius 2 is 1.72 bits per heavy atom. The summed E-state index contributed by atoms with van der Waals surface area (Å²) in [5, 5.41) is 3.61. The van der Waals surface area contributed by atoms with Crippen LogP contribution in [0.2, 0.25) is 0 Å². The van der Waals surface area contributed by atoms with Crippen molar-refractivity contribution in [3.05, 3.63) is 0 Å². The van der Waals surface area contributed by atoms with Crippen LogP contribution in [-0.4, -0.2) is 13.1 Å². The molecule has 1 aliphatic carbocycles. The van der Waals surface area contributed by atoms with Gasteiger partial charge >= 0.3 is 0 Å². The molecule has 0 aromatic heterocycles. The van der Waals surface area contributed by atoms with Crippen LogP contribution in [-0.2, 0) is 0 Å². The molecule has 18 heavy (non-hydrogen) atoms. The third-order valence-electron chi connectivity index (χ3n) is 5.66. The Kier molecular flexibility index (Phi) is 5.70. The van der Waals surface area contributed by atoms with Gasteiger partial charge < -0.3 is 5.32 Å². The van der Waals surface area contributed by atoms with E-state index in [-0.39, 0.29) is 0 Å². The average Bonchev–Trinajstić information content (AvgIpc) is 2.28. The Bertz CT molecular complexity index is 240. The van der Waals surface area contributed by atoms with Gasteiger partial charge in [-0.1, -0.05) is 48.0 Å². The first-order valence-corrected chi connectivity index (χ1v) is 7.93. The number of hydrogen-bond acceptors (Lipinski definition) is 1. The molecule has 108 valence electrons. The highest BCUT2D eigenvalue weighted by atomic mass is 14.9. The molecule has 1 fully saturated rings. The summed E-state index contributed by atoms with van der Waals surface area (Å²) >= 11 is 0. The van der Waals surface area contributed by atoms with Crippen LogP contribution < -0.4 is 5.32 Å². The van der Waals surface area contributed by atoms with Crippen molar-refractivity contribution in [1.82, 2.24) is 5.32 Å². The van der Waals surface area contributed by atoms with Crippen LogP contribution in [0.15, 0.2) is 0 Å². The van der Waals surface area contributed by atoms with Crippen LogP contribution in [0, 0.1) is 29.1 Å². The normalized spacial score (nSPS) is 33.2. The molecule has 0 spiro atoms. The van der Waals surface area contributed by atoms with E-state index in [0.717, 1.165) is 23.7 Å². The van der Waals surface area contributed by atoms with Crippen LogP contribution in [0.25, 0.3) is 0 Å². The molecule has 0 bridgehead atoms. The van der Waals surface area contributed by atoms with Crippen molar-refractivity contribution in [3.63, 3.8) is 0 Å². The molecule has 1 heteroatoms. The van der Waals surface area contributed by atoms with Gasteiger partial charge in [0.15, 0.2) is 0 Å². The van der Waals surface area contributed by atoms with Crippen molar-refractivity contribution in [2.45, 2.75) is 73.3 Å². The Hall–Kier alpha value is -0.0400.